The standard InChI is InChI=1S/2C12H18O2.CH4/c2*1-9-3-5-12(10(2)7-9)6-4-11(13)14-8-12;/h2*3,10H,4-8H2,1-2H3;1H4/t2*10-,12?;/m10./s1. The van der Waals surface area contributed by atoms with Gasteiger partial charge in [-0.2, -0.15) is 0 Å². The summed E-state index contributed by atoms with van der Waals surface area (Å²) >= 11 is 0. The molecule has 2 saturated heterocycles. The average molecular weight is 405 g/mol. The first kappa shape index (κ1) is 23.7. The Kier molecular flexibility index (Phi) is 7.75. The summed E-state index contributed by atoms with van der Waals surface area (Å²) in [6, 6.07) is 0. The zero-order valence-electron chi connectivity index (χ0n) is 18.0. The monoisotopic (exact) mass is 404 g/mol. The first-order valence-corrected chi connectivity index (χ1v) is 10.9. The Bertz CT molecular complexity index is 594. The van der Waals surface area contributed by atoms with Crippen LogP contribution >= 0.6 is 0 Å². The Morgan fingerprint density at radius 2 is 1.17 bits per heavy atom. The lowest BCUT2D eigenvalue weighted by molar-refractivity contribution is -0.158. The second-order valence-electron chi connectivity index (χ2n) is 9.77. The van der Waals surface area contributed by atoms with Crippen LogP contribution in [-0.2, 0) is 19.1 Å². The van der Waals surface area contributed by atoms with Crippen molar-refractivity contribution in [2.75, 3.05) is 13.2 Å². The SMILES string of the molecule is C.CC1=CCC2(CCC(=O)OC2)[C@@H](C)C1.CC1=CCC2(CCC(=O)OC2)[C@H](C)C1. The minimum Gasteiger partial charge on any atom is -0.465 e. The number of carbonyl (C=O) groups is 2. The lowest BCUT2D eigenvalue weighted by Crippen LogP contribution is -2.40. The van der Waals surface area contributed by atoms with Crippen LogP contribution in [0.15, 0.2) is 23.3 Å². The zero-order chi connectivity index (χ0) is 20.4. The van der Waals surface area contributed by atoms with Crippen molar-refractivity contribution >= 4 is 11.9 Å². The van der Waals surface area contributed by atoms with E-state index in [4.69, 9.17) is 9.47 Å². The van der Waals surface area contributed by atoms with Gasteiger partial charge in [-0.05, 0) is 64.2 Å². The number of carbonyl (C=O) groups excluding carboxylic acids is 2. The highest BCUT2D eigenvalue weighted by Crippen LogP contribution is 2.47. The fraction of sp³-hybridized carbons (Fsp3) is 0.760. The third-order valence-electron chi connectivity index (χ3n) is 7.76. The van der Waals surface area contributed by atoms with E-state index >= 15 is 0 Å². The van der Waals surface area contributed by atoms with Gasteiger partial charge in [-0.25, -0.2) is 0 Å². The molecule has 4 atom stereocenters. The van der Waals surface area contributed by atoms with Gasteiger partial charge in [0.15, 0.2) is 0 Å². The van der Waals surface area contributed by atoms with Crippen molar-refractivity contribution in [2.45, 2.75) is 86.5 Å². The molecule has 2 heterocycles. The van der Waals surface area contributed by atoms with Crippen molar-refractivity contribution in [3.63, 3.8) is 0 Å². The van der Waals surface area contributed by atoms with Crippen molar-refractivity contribution in [2.24, 2.45) is 22.7 Å². The van der Waals surface area contributed by atoms with Crippen LogP contribution < -0.4 is 0 Å². The van der Waals surface area contributed by atoms with E-state index in [9.17, 15) is 9.59 Å². The number of cyclic esters (lactones) is 2. The average Bonchev–Trinajstić information content (AvgIpc) is 2.67. The molecular weight excluding hydrogens is 364 g/mol. The summed E-state index contributed by atoms with van der Waals surface area (Å²) in [7, 11) is 0. The van der Waals surface area contributed by atoms with Gasteiger partial charge >= 0.3 is 11.9 Å². The number of ether oxygens (including phenoxy) is 2. The van der Waals surface area contributed by atoms with Crippen molar-refractivity contribution in [1.82, 2.24) is 0 Å². The zero-order valence-corrected chi connectivity index (χ0v) is 18.0. The molecule has 0 saturated carbocycles. The van der Waals surface area contributed by atoms with E-state index in [1.807, 2.05) is 0 Å². The highest BCUT2D eigenvalue weighted by Gasteiger charge is 2.42. The third-order valence-corrected chi connectivity index (χ3v) is 7.76. The molecule has 4 heteroatoms. The predicted octanol–water partition coefficient (Wildman–Crippen LogP) is 6.01. The largest absolute Gasteiger partial charge is 0.465 e. The summed E-state index contributed by atoms with van der Waals surface area (Å²) in [5.41, 5.74) is 3.49. The van der Waals surface area contributed by atoms with Gasteiger partial charge in [0.1, 0.15) is 0 Å². The van der Waals surface area contributed by atoms with Crippen molar-refractivity contribution in [1.29, 1.82) is 0 Å². The van der Waals surface area contributed by atoms with E-state index in [1.54, 1.807) is 0 Å². The van der Waals surface area contributed by atoms with Crippen molar-refractivity contribution in [3.8, 4) is 0 Å². The minimum atomic E-state index is -0.0194. The second kappa shape index (κ2) is 9.49. The van der Waals surface area contributed by atoms with Gasteiger partial charge in [0.25, 0.3) is 0 Å². The first-order chi connectivity index (χ1) is 13.2. The minimum absolute atomic E-state index is 0. The van der Waals surface area contributed by atoms with Crippen LogP contribution in [0.3, 0.4) is 0 Å². The molecule has 0 aromatic carbocycles. The van der Waals surface area contributed by atoms with E-state index in [2.05, 4.69) is 39.8 Å². The van der Waals surface area contributed by atoms with E-state index in [1.165, 1.54) is 11.1 Å². The van der Waals surface area contributed by atoms with Crippen LogP contribution in [0.4, 0.5) is 0 Å². The van der Waals surface area contributed by atoms with Crippen LogP contribution in [0.1, 0.15) is 86.5 Å². The molecule has 2 unspecified atom stereocenters. The van der Waals surface area contributed by atoms with Gasteiger partial charge in [0, 0.05) is 23.7 Å². The summed E-state index contributed by atoms with van der Waals surface area (Å²) in [4.78, 5) is 22.0. The summed E-state index contributed by atoms with van der Waals surface area (Å²) in [5, 5.41) is 0. The molecule has 0 bridgehead atoms. The molecule has 2 spiro atoms. The lowest BCUT2D eigenvalue weighted by atomic mass is 9.65. The molecule has 2 aliphatic carbocycles. The molecule has 2 aliphatic heterocycles. The molecule has 0 aromatic heterocycles. The highest BCUT2D eigenvalue weighted by molar-refractivity contribution is 5.70. The van der Waals surface area contributed by atoms with Crippen LogP contribution in [-0.4, -0.2) is 25.2 Å². The van der Waals surface area contributed by atoms with Gasteiger partial charge in [0.2, 0.25) is 0 Å². The predicted molar refractivity (Wildman–Crippen MR) is 116 cm³/mol. The Balaban J connectivity index is 0.000000200. The van der Waals surface area contributed by atoms with Crippen molar-refractivity contribution < 1.29 is 19.1 Å². The first-order valence-electron chi connectivity index (χ1n) is 10.9. The normalized spacial score (nSPS) is 36.7. The van der Waals surface area contributed by atoms with Crippen LogP contribution in [0.5, 0.6) is 0 Å². The molecule has 0 amide bonds. The maximum absolute atomic E-state index is 11.0. The molecule has 29 heavy (non-hydrogen) atoms. The quantitative estimate of drug-likeness (QED) is 0.366. The summed E-state index contributed by atoms with van der Waals surface area (Å²) < 4.78 is 10.4. The van der Waals surface area contributed by atoms with Gasteiger partial charge in [-0.1, -0.05) is 44.6 Å². The number of allylic oxidation sites excluding steroid dienone is 4. The number of hydrogen-bond donors (Lipinski definition) is 0. The maximum Gasteiger partial charge on any atom is 0.305 e. The van der Waals surface area contributed by atoms with Crippen LogP contribution in [0, 0.1) is 22.7 Å². The summed E-state index contributed by atoms with van der Waals surface area (Å²) in [6.07, 6.45) is 12.4. The summed E-state index contributed by atoms with van der Waals surface area (Å²) in [6.45, 7) is 10.2. The van der Waals surface area contributed by atoms with E-state index in [-0.39, 0.29) is 30.2 Å². The van der Waals surface area contributed by atoms with E-state index in [0.717, 1.165) is 38.5 Å². The third kappa shape index (κ3) is 5.32. The highest BCUT2D eigenvalue weighted by atomic mass is 16.5. The topological polar surface area (TPSA) is 52.6 Å². The molecule has 4 nitrogen and oxygen atoms in total. The number of rotatable bonds is 0. The number of esters is 2. The van der Waals surface area contributed by atoms with E-state index in [0.29, 0.717) is 37.9 Å². The van der Waals surface area contributed by atoms with Crippen LogP contribution in [0.2, 0.25) is 0 Å². The molecule has 4 aliphatic rings. The van der Waals surface area contributed by atoms with Gasteiger partial charge in [-0.15, -0.1) is 0 Å². The van der Waals surface area contributed by atoms with Gasteiger partial charge < -0.3 is 9.47 Å². The Labute approximate surface area is 177 Å². The molecule has 164 valence electrons. The molecule has 2 fully saturated rings. The molecule has 0 radical (unpaired) electrons. The van der Waals surface area contributed by atoms with Gasteiger partial charge in [-0.3, -0.25) is 9.59 Å². The fourth-order valence-corrected chi connectivity index (χ4v) is 5.26. The number of hydrogen-bond acceptors (Lipinski definition) is 4. The van der Waals surface area contributed by atoms with Crippen molar-refractivity contribution in [3.05, 3.63) is 23.3 Å². The van der Waals surface area contributed by atoms with Crippen LogP contribution in [0.25, 0.3) is 0 Å². The van der Waals surface area contributed by atoms with Gasteiger partial charge in [0.05, 0.1) is 13.2 Å². The Hall–Kier alpha value is -1.58. The Morgan fingerprint density at radius 1 is 0.793 bits per heavy atom. The summed E-state index contributed by atoms with van der Waals surface area (Å²) in [5.74, 6) is 1.27. The lowest BCUT2D eigenvalue weighted by Gasteiger charge is -2.43. The fourth-order valence-electron chi connectivity index (χ4n) is 5.26. The van der Waals surface area contributed by atoms with E-state index < -0.39 is 0 Å². The second-order valence-corrected chi connectivity index (χ2v) is 9.77. The molecule has 0 N–H and O–H groups in total. The maximum atomic E-state index is 11.0. The molecule has 4 rings (SSSR count). The smallest absolute Gasteiger partial charge is 0.305 e. The molecular formula is C25H40O4. The Morgan fingerprint density at radius 3 is 1.45 bits per heavy atom. The molecule has 0 aromatic rings.